The van der Waals surface area contributed by atoms with Crippen molar-refractivity contribution in [2.24, 2.45) is 0 Å². The molecule has 37 heavy (non-hydrogen) atoms. The summed E-state index contributed by atoms with van der Waals surface area (Å²) in [5, 5.41) is 19.0. The Labute approximate surface area is 216 Å². The smallest absolute Gasteiger partial charge is 0.403 e. The van der Waals surface area contributed by atoms with Crippen molar-refractivity contribution >= 4 is 23.4 Å². The first-order valence-electron chi connectivity index (χ1n) is 12.2. The third-order valence-electron chi connectivity index (χ3n) is 7.58. The molecule has 0 aromatic heterocycles. The fourth-order valence-electron chi connectivity index (χ4n) is 5.50. The van der Waals surface area contributed by atoms with Crippen LogP contribution < -0.4 is 20.7 Å². The first-order valence-corrected chi connectivity index (χ1v) is 12.6. The van der Waals surface area contributed by atoms with Gasteiger partial charge in [0.15, 0.2) is 6.61 Å². The van der Waals surface area contributed by atoms with Gasteiger partial charge in [0.1, 0.15) is 24.2 Å². The molecule has 1 aliphatic heterocycles. The molecule has 0 radical (unpaired) electrons. The van der Waals surface area contributed by atoms with Gasteiger partial charge in [-0.2, -0.15) is 13.2 Å². The molecular formula is C24H30ClF4N3O5. The number of carbonyl (C=O) groups excluding carboxylic acids is 2. The van der Waals surface area contributed by atoms with Crippen molar-refractivity contribution < 1.29 is 41.7 Å². The van der Waals surface area contributed by atoms with Crippen LogP contribution in [0.3, 0.4) is 0 Å². The number of piperidine rings is 1. The molecule has 4 N–H and O–H groups in total. The molecule has 3 atom stereocenters. The van der Waals surface area contributed by atoms with E-state index in [1.165, 1.54) is 12.1 Å². The third kappa shape index (κ3) is 6.65. The predicted octanol–water partition coefficient (Wildman–Crippen LogP) is 2.61. The molecule has 3 aliphatic carbocycles. The molecule has 1 aromatic rings. The highest BCUT2D eigenvalue weighted by Crippen LogP contribution is 2.47. The van der Waals surface area contributed by atoms with E-state index in [1.807, 2.05) is 0 Å². The number of hydrogen-bond donors (Lipinski definition) is 4. The van der Waals surface area contributed by atoms with Crippen LogP contribution in [0.5, 0.6) is 5.75 Å². The molecule has 3 saturated carbocycles. The number of alkyl halides is 3. The van der Waals surface area contributed by atoms with Crippen molar-refractivity contribution in [2.45, 2.75) is 80.4 Å². The van der Waals surface area contributed by atoms with Crippen molar-refractivity contribution in [1.82, 2.24) is 16.0 Å². The molecule has 206 valence electrons. The van der Waals surface area contributed by atoms with Gasteiger partial charge in [-0.05, 0) is 63.6 Å². The number of ether oxygens (including phenoxy) is 2. The SMILES string of the molecule is O=C(COc1ccc(Cl)c(F)c1)NC12CCC(NC(=O)COC3CCNC(C(F)(F)F)C3)(CC1)[C@H](O)C2. The molecular weight excluding hydrogens is 522 g/mol. The fraction of sp³-hybridized carbons (Fsp3) is 0.667. The molecule has 8 nitrogen and oxygen atoms in total. The van der Waals surface area contributed by atoms with Crippen LogP contribution in [0.4, 0.5) is 17.6 Å². The second kappa shape index (κ2) is 10.9. The largest absolute Gasteiger partial charge is 0.484 e. The monoisotopic (exact) mass is 551 g/mol. The maximum Gasteiger partial charge on any atom is 0.403 e. The second-order valence-corrected chi connectivity index (χ2v) is 10.5. The molecule has 4 aliphatic rings. The number of benzene rings is 1. The molecule has 13 heteroatoms. The molecule has 1 aromatic carbocycles. The van der Waals surface area contributed by atoms with Gasteiger partial charge >= 0.3 is 6.18 Å². The number of fused-ring (bicyclic) bond motifs is 3. The number of amides is 2. The number of aliphatic hydroxyl groups excluding tert-OH is 1. The lowest BCUT2D eigenvalue weighted by atomic mass is 9.60. The minimum atomic E-state index is -4.38. The van der Waals surface area contributed by atoms with Crippen LogP contribution in [-0.4, -0.2) is 72.2 Å². The molecule has 5 rings (SSSR count). The van der Waals surface area contributed by atoms with Gasteiger partial charge < -0.3 is 30.5 Å². The molecule has 1 saturated heterocycles. The zero-order valence-electron chi connectivity index (χ0n) is 20.0. The number of halogens is 5. The Morgan fingerprint density at radius 2 is 1.84 bits per heavy atom. The van der Waals surface area contributed by atoms with Crippen molar-refractivity contribution in [2.75, 3.05) is 19.8 Å². The summed E-state index contributed by atoms with van der Waals surface area (Å²) in [4.78, 5) is 25.1. The van der Waals surface area contributed by atoms with E-state index in [1.54, 1.807) is 0 Å². The first kappa shape index (κ1) is 27.9. The van der Waals surface area contributed by atoms with Crippen molar-refractivity contribution in [3.63, 3.8) is 0 Å². The summed E-state index contributed by atoms with van der Waals surface area (Å²) < 4.78 is 63.2. The number of aliphatic hydroxyl groups is 1. The van der Waals surface area contributed by atoms with Crippen molar-refractivity contribution in [3.05, 3.63) is 29.0 Å². The summed E-state index contributed by atoms with van der Waals surface area (Å²) in [5.41, 5.74) is -1.54. The van der Waals surface area contributed by atoms with Crippen LogP contribution in [0.15, 0.2) is 18.2 Å². The van der Waals surface area contributed by atoms with E-state index in [9.17, 15) is 32.3 Å². The minimum absolute atomic E-state index is 0.0578. The summed E-state index contributed by atoms with van der Waals surface area (Å²) in [6.07, 6.45) is -3.83. The van der Waals surface area contributed by atoms with E-state index < -0.39 is 59.7 Å². The number of hydrogen-bond acceptors (Lipinski definition) is 6. The summed E-state index contributed by atoms with van der Waals surface area (Å²) >= 11 is 5.64. The average molecular weight is 552 g/mol. The van der Waals surface area contributed by atoms with Gasteiger partial charge in [0.2, 0.25) is 5.91 Å². The van der Waals surface area contributed by atoms with E-state index in [4.69, 9.17) is 21.1 Å². The van der Waals surface area contributed by atoms with Crippen molar-refractivity contribution in [3.8, 4) is 5.75 Å². The van der Waals surface area contributed by atoms with Crippen LogP contribution in [0.25, 0.3) is 0 Å². The highest BCUT2D eigenvalue weighted by Gasteiger charge is 2.55. The lowest BCUT2D eigenvalue weighted by Crippen LogP contribution is -2.70. The van der Waals surface area contributed by atoms with Gasteiger partial charge in [0.25, 0.3) is 5.91 Å². The summed E-state index contributed by atoms with van der Waals surface area (Å²) in [6, 6.07) is 2.20. The van der Waals surface area contributed by atoms with E-state index in [0.29, 0.717) is 32.1 Å². The quantitative estimate of drug-likeness (QED) is 0.370. The van der Waals surface area contributed by atoms with Gasteiger partial charge in [-0.25, -0.2) is 4.39 Å². The van der Waals surface area contributed by atoms with Crippen LogP contribution in [-0.2, 0) is 14.3 Å². The lowest BCUT2D eigenvalue weighted by molar-refractivity contribution is -0.171. The summed E-state index contributed by atoms with van der Waals surface area (Å²) in [6.45, 7) is -0.590. The molecule has 2 unspecified atom stereocenters. The highest BCUT2D eigenvalue weighted by molar-refractivity contribution is 6.30. The number of carbonyl (C=O) groups is 2. The average Bonchev–Trinajstić information content (AvgIpc) is 2.84. The summed E-state index contributed by atoms with van der Waals surface area (Å²) in [7, 11) is 0. The van der Waals surface area contributed by atoms with Gasteiger partial charge in [0, 0.05) is 11.6 Å². The Hall–Kier alpha value is -2.15. The van der Waals surface area contributed by atoms with Gasteiger partial charge in [-0.15, -0.1) is 0 Å². The topological polar surface area (TPSA) is 109 Å². The van der Waals surface area contributed by atoms with E-state index in [0.717, 1.165) is 6.07 Å². The Kier molecular flexibility index (Phi) is 8.22. The van der Waals surface area contributed by atoms with Gasteiger partial charge in [-0.3, -0.25) is 9.59 Å². The van der Waals surface area contributed by atoms with Gasteiger partial charge in [0.05, 0.1) is 22.8 Å². The van der Waals surface area contributed by atoms with Crippen LogP contribution in [0.2, 0.25) is 5.02 Å². The lowest BCUT2D eigenvalue weighted by Gasteiger charge is -2.56. The summed E-state index contributed by atoms with van der Waals surface area (Å²) in [5.74, 6) is -1.42. The molecule has 1 heterocycles. The normalized spacial score (nSPS) is 31.6. The van der Waals surface area contributed by atoms with Gasteiger partial charge in [-0.1, -0.05) is 11.6 Å². The number of nitrogens with one attached hydrogen (secondary N) is 3. The third-order valence-corrected chi connectivity index (χ3v) is 7.88. The van der Waals surface area contributed by atoms with Crippen molar-refractivity contribution in [1.29, 1.82) is 0 Å². The molecule has 0 spiro atoms. The highest BCUT2D eigenvalue weighted by atomic mass is 35.5. The van der Waals surface area contributed by atoms with E-state index >= 15 is 0 Å². The fourth-order valence-corrected chi connectivity index (χ4v) is 5.62. The predicted molar refractivity (Wildman–Crippen MR) is 125 cm³/mol. The van der Waals surface area contributed by atoms with E-state index in [-0.39, 0.29) is 36.8 Å². The Balaban J connectivity index is 1.24. The molecule has 2 bridgehead atoms. The first-order chi connectivity index (χ1) is 17.4. The number of rotatable bonds is 8. The van der Waals surface area contributed by atoms with Crippen LogP contribution in [0.1, 0.15) is 44.9 Å². The molecule has 2 amide bonds. The standard InChI is InChI=1S/C24H30ClF4N3O5/c25-16-2-1-14(9-17(16)26)36-12-20(34)31-22-4-6-23(7-5-22,19(33)11-22)32-21(35)13-37-15-3-8-30-18(10-15)24(27,28)29/h1-2,9,15,18-19,30,33H,3-8,10-13H2,(H,31,34)(H,32,35)/t15?,18?,19-,22?,23?/m1/s1. The molecule has 4 fully saturated rings. The zero-order valence-corrected chi connectivity index (χ0v) is 20.8. The maximum atomic E-state index is 13.5. The zero-order chi connectivity index (χ0) is 26.8. The second-order valence-electron chi connectivity index (χ2n) is 10.1. The van der Waals surface area contributed by atoms with Crippen LogP contribution in [0, 0.1) is 5.82 Å². The maximum absolute atomic E-state index is 13.5. The van der Waals surface area contributed by atoms with Crippen LogP contribution >= 0.6 is 11.6 Å². The minimum Gasteiger partial charge on any atom is -0.484 e. The Morgan fingerprint density at radius 1 is 1.14 bits per heavy atom. The van der Waals surface area contributed by atoms with E-state index in [2.05, 4.69) is 16.0 Å². The Bertz CT molecular complexity index is 1000. The Morgan fingerprint density at radius 3 is 2.49 bits per heavy atom.